The van der Waals surface area contributed by atoms with Gasteiger partial charge in [0.2, 0.25) is 0 Å². The molecule has 7 heteroatoms. The maximum atomic E-state index is 12.2. The molecule has 140 valence electrons. The molecule has 0 spiro atoms. The number of esters is 1. The van der Waals surface area contributed by atoms with E-state index in [0.717, 1.165) is 0 Å². The van der Waals surface area contributed by atoms with Gasteiger partial charge < -0.3 is 14.2 Å². The zero-order valence-corrected chi connectivity index (χ0v) is 14.8. The lowest BCUT2D eigenvalue weighted by atomic mass is 10.1. The first-order valence-corrected chi connectivity index (χ1v) is 8.48. The summed E-state index contributed by atoms with van der Waals surface area (Å²) < 4.78 is 15.5. The van der Waals surface area contributed by atoms with Gasteiger partial charge in [0, 0.05) is 12.6 Å². The summed E-state index contributed by atoms with van der Waals surface area (Å²) in [5, 5.41) is 0. The van der Waals surface area contributed by atoms with Crippen LogP contribution in [0.1, 0.15) is 27.1 Å². The molecular weight excluding hydrogens is 350 g/mol. The molecule has 2 amide bonds. The molecule has 0 N–H and O–H groups in total. The van der Waals surface area contributed by atoms with Crippen LogP contribution in [0.2, 0.25) is 0 Å². The minimum Gasteiger partial charge on any atom is -0.497 e. The SMILES string of the molecule is COc1cccc(OCC(=O)OCCCN2C(=O)c3ccccc3C2=O)c1. The first-order chi connectivity index (χ1) is 13.1. The Kier molecular flexibility index (Phi) is 5.71. The van der Waals surface area contributed by atoms with Crippen molar-refractivity contribution in [3.63, 3.8) is 0 Å². The molecule has 0 radical (unpaired) electrons. The van der Waals surface area contributed by atoms with Crippen LogP contribution >= 0.6 is 0 Å². The average Bonchev–Trinajstić information content (AvgIpc) is 2.94. The number of hydrogen-bond donors (Lipinski definition) is 0. The molecule has 7 nitrogen and oxygen atoms in total. The molecule has 0 unspecified atom stereocenters. The monoisotopic (exact) mass is 369 g/mol. The number of rotatable bonds is 8. The van der Waals surface area contributed by atoms with Crippen molar-refractivity contribution in [1.29, 1.82) is 0 Å². The van der Waals surface area contributed by atoms with Crippen LogP contribution in [0.5, 0.6) is 11.5 Å². The van der Waals surface area contributed by atoms with Crippen LogP contribution in [0.15, 0.2) is 48.5 Å². The van der Waals surface area contributed by atoms with E-state index in [1.165, 1.54) is 4.90 Å². The van der Waals surface area contributed by atoms with E-state index < -0.39 is 5.97 Å². The Morgan fingerprint density at radius 2 is 1.63 bits per heavy atom. The normalized spacial score (nSPS) is 12.7. The van der Waals surface area contributed by atoms with Gasteiger partial charge in [-0.05, 0) is 30.7 Å². The molecule has 1 heterocycles. The molecule has 0 saturated heterocycles. The Hall–Kier alpha value is -3.35. The Bertz CT molecular complexity index is 828. The zero-order valence-electron chi connectivity index (χ0n) is 14.8. The number of carbonyl (C=O) groups excluding carboxylic acids is 3. The maximum absolute atomic E-state index is 12.2. The molecular formula is C20H19NO6. The first kappa shape index (κ1) is 18.4. The summed E-state index contributed by atoms with van der Waals surface area (Å²) in [5.41, 5.74) is 0.817. The summed E-state index contributed by atoms with van der Waals surface area (Å²) in [6.07, 6.45) is 0.358. The van der Waals surface area contributed by atoms with Crippen LogP contribution in [-0.4, -0.2) is 49.6 Å². The highest BCUT2D eigenvalue weighted by atomic mass is 16.6. The Morgan fingerprint density at radius 3 is 2.30 bits per heavy atom. The molecule has 0 aromatic heterocycles. The largest absolute Gasteiger partial charge is 0.497 e. The van der Waals surface area contributed by atoms with E-state index in [9.17, 15) is 14.4 Å². The second-order valence-electron chi connectivity index (χ2n) is 5.85. The van der Waals surface area contributed by atoms with Crippen LogP contribution < -0.4 is 9.47 Å². The summed E-state index contributed by atoms with van der Waals surface area (Å²) >= 11 is 0. The van der Waals surface area contributed by atoms with Crippen molar-refractivity contribution in [2.45, 2.75) is 6.42 Å². The second-order valence-corrected chi connectivity index (χ2v) is 5.85. The van der Waals surface area contributed by atoms with Crippen molar-refractivity contribution in [3.8, 4) is 11.5 Å². The van der Waals surface area contributed by atoms with Crippen molar-refractivity contribution in [2.75, 3.05) is 26.9 Å². The van der Waals surface area contributed by atoms with E-state index in [0.29, 0.717) is 29.0 Å². The summed E-state index contributed by atoms with van der Waals surface area (Å²) in [5.74, 6) is -0.0362. The fourth-order valence-electron chi connectivity index (χ4n) is 2.73. The van der Waals surface area contributed by atoms with Gasteiger partial charge in [0.25, 0.3) is 11.8 Å². The van der Waals surface area contributed by atoms with Gasteiger partial charge >= 0.3 is 5.97 Å². The van der Waals surface area contributed by atoms with E-state index in [1.807, 2.05) is 0 Å². The smallest absolute Gasteiger partial charge is 0.344 e. The Morgan fingerprint density at radius 1 is 0.963 bits per heavy atom. The van der Waals surface area contributed by atoms with Gasteiger partial charge in [-0.3, -0.25) is 14.5 Å². The van der Waals surface area contributed by atoms with Crippen LogP contribution in [0.25, 0.3) is 0 Å². The standard InChI is InChI=1S/C20H19NO6/c1-25-14-6-4-7-15(12-14)27-13-18(22)26-11-5-10-21-19(23)16-8-2-3-9-17(16)20(21)24/h2-4,6-9,12H,5,10-11,13H2,1H3. The lowest BCUT2D eigenvalue weighted by Gasteiger charge is -2.13. The predicted molar refractivity (Wildman–Crippen MR) is 95.9 cm³/mol. The third kappa shape index (κ3) is 4.25. The minimum absolute atomic E-state index is 0.0910. The number of benzene rings is 2. The lowest BCUT2D eigenvalue weighted by Crippen LogP contribution is -2.31. The first-order valence-electron chi connectivity index (χ1n) is 8.48. The van der Waals surface area contributed by atoms with Crippen molar-refractivity contribution >= 4 is 17.8 Å². The van der Waals surface area contributed by atoms with E-state index >= 15 is 0 Å². The van der Waals surface area contributed by atoms with Gasteiger partial charge in [-0.15, -0.1) is 0 Å². The van der Waals surface area contributed by atoms with Crippen LogP contribution in [-0.2, 0) is 9.53 Å². The number of methoxy groups -OCH3 is 1. The van der Waals surface area contributed by atoms with E-state index in [2.05, 4.69) is 0 Å². The molecule has 1 aliphatic heterocycles. The molecule has 27 heavy (non-hydrogen) atoms. The van der Waals surface area contributed by atoms with Crippen molar-refractivity contribution in [3.05, 3.63) is 59.7 Å². The van der Waals surface area contributed by atoms with Gasteiger partial charge in [-0.25, -0.2) is 4.79 Å². The predicted octanol–water partition coefficient (Wildman–Crippen LogP) is 2.30. The summed E-state index contributed by atoms with van der Waals surface area (Å²) in [6, 6.07) is 13.6. The number of carbonyl (C=O) groups is 3. The topological polar surface area (TPSA) is 82.1 Å². The van der Waals surface area contributed by atoms with Crippen molar-refractivity contribution in [1.82, 2.24) is 4.90 Å². The number of hydrogen-bond acceptors (Lipinski definition) is 6. The van der Waals surface area contributed by atoms with Gasteiger partial charge in [0.1, 0.15) is 11.5 Å². The third-order valence-electron chi connectivity index (χ3n) is 4.07. The molecule has 1 aliphatic rings. The van der Waals surface area contributed by atoms with Gasteiger partial charge in [0.05, 0.1) is 24.8 Å². The number of fused-ring (bicyclic) bond motifs is 1. The van der Waals surface area contributed by atoms with Crippen molar-refractivity contribution in [2.24, 2.45) is 0 Å². The quantitative estimate of drug-likeness (QED) is 0.403. The van der Waals surface area contributed by atoms with Crippen LogP contribution in [0.3, 0.4) is 0 Å². The summed E-state index contributed by atoms with van der Waals surface area (Å²) in [4.78, 5) is 37.3. The molecule has 3 rings (SSSR count). The fraction of sp³-hybridized carbons (Fsp3) is 0.250. The highest BCUT2D eigenvalue weighted by Crippen LogP contribution is 2.22. The fourth-order valence-corrected chi connectivity index (χ4v) is 2.73. The Balaban J connectivity index is 1.40. The molecule has 0 aliphatic carbocycles. The number of ether oxygens (including phenoxy) is 3. The van der Waals surface area contributed by atoms with Gasteiger partial charge in [-0.1, -0.05) is 18.2 Å². The van der Waals surface area contributed by atoms with Crippen LogP contribution in [0, 0.1) is 0 Å². The number of imide groups is 1. The average molecular weight is 369 g/mol. The summed E-state index contributed by atoms with van der Waals surface area (Å²) in [7, 11) is 1.54. The molecule has 0 saturated carbocycles. The summed E-state index contributed by atoms with van der Waals surface area (Å²) in [6.45, 7) is 0.0459. The zero-order chi connectivity index (χ0) is 19.2. The number of amides is 2. The van der Waals surface area contributed by atoms with E-state index in [1.54, 1.807) is 55.6 Å². The van der Waals surface area contributed by atoms with Crippen LogP contribution in [0.4, 0.5) is 0 Å². The molecule has 0 bridgehead atoms. The highest BCUT2D eigenvalue weighted by Gasteiger charge is 2.34. The molecule has 0 atom stereocenters. The van der Waals surface area contributed by atoms with E-state index in [4.69, 9.17) is 14.2 Å². The second kappa shape index (κ2) is 8.35. The Labute approximate surface area is 156 Å². The van der Waals surface area contributed by atoms with Gasteiger partial charge in [0.15, 0.2) is 6.61 Å². The third-order valence-corrected chi connectivity index (χ3v) is 4.07. The highest BCUT2D eigenvalue weighted by molar-refractivity contribution is 6.21. The molecule has 2 aromatic carbocycles. The van der Waals surface area contributed by atoms with Gasteiger partial charge in [-0.2, -0.15) is 0 Å². The minimum atomic E-state index is -0.528. The van der Waals surface area contributed by atoms with Crippen molar-refractivity contribution < 1.29 is 28.6 Å². The lowest BCUT2D eigenvalue weighted by molar-refractivity contribution is -0.146. The number of nitrogens with zero attached hydrogens (tertiary/aromatic N) is 1. The molecule has 0 fully saturated rings. The van der Waals surface area contributed by atoms with E-state index in [-0.39, 0.29) is 31.6 Å². The maximum Gasteiger partial charge on any atom is 0.344 e. The molecule has 2 aromatic rings.